The van der Waals surface area contributed by atoms with E-state index in [0.717, 1.165) is 11.4 Å². The molecule has 15 heteroatoms. The van der Waals surface area contributed by atoms with Crippen LogP contribution in [-0.2, 0) is 38.8 Å². The Labute approximate surface area is 262 Å². The number of nitrogens with zero attached hydrogens (tertiary/aromatic N) is 9. The lowest BCUT2D eigenvalue weighted by molar-refractivity contribution is -0.147. The largest absolute Gasteiger partial charge is 0.480 e. The maximum Gasteiger partial charge on any atom is 0.324 e. The number of carboxylic acid groups (broad SMARTS) is 2. The fourth-order valence-electron chi connectivity index (χ4n) is 5.08. The summed E-state index contributed by atoms with van der Waals surface area (Å²) in [6, 6.07) is 9.05. The van der Waals surface area contributed by atoms with Crippen LogP contribution in [-0.4, -0.2) is 129 Å². The van der Waals surface area contributed by atoms with E-state index in [2.05, 4.69) is 35.7 Å². The molecule has 0 aromatic carbocycles. The Balaban J connectivity index is 1.91. The van der Waals surface area contributed by atoms with Crippen molar-refractivity contribution < 1.29 is 29.3 Å². The molecule has 0 bridgehead atoms. The number of hydrogen-bond acceptors (Lipinski definition) is 11. The van der Waals surface area contributed by atoms with Crippen molar-refractivity contribution in [3.05, 3.63) is 69.6 Å². The van der Waals surface area contributed by atoms with E-state index in [0.29, 0.717) is 76.8 Å². The van der Waals surface area contributed by atoms with Crippen molar-refractivity contribution in [2.75, 3.05) is 59.0 Å². The molecule has 45 heavy (non-hydrogen) atoms. The summed E-state index contributed by atoms with van der Waals surface area (Å²) in [4.78, 5) is 55.1. The predicted molar refractivity (Wildman–Crippen MR) is 163 cm³/mol. The number of terminal acetylenes is 1. The number of hydrogen-bond donors (Lipinski definition) is 2. The van der Waals surface area contributed by atoms with E-state index >= 15 is 0 Å². The van der Waals surface area contributed by atoms with Gasteiger partial charge in [-0.15, -0.1) is 6.42 Å². The Morgan fingerprint density at radius 2 is 1.51 bits per heavy atom. The number of carbonyl (C=O) groups is 3. The van der Waals surface area contributed by atoms with Gasteiger partial charge in [-0.1, -0.05) is 23.2 Å². The van der Waals surface area contributed by atoms with Crippen molar-refractivity contribution in [1.29, 1.82) is 0 Å². The zero-order valence-electron chi connectivity index (χ0n) is 25.3. The molecule has 0 radical (unpaired) electrons. The van der Waals surface area contributed by atoms with Crippen LogP contribution in [0, 0.1) is 12.3 Å². The summed E-state index contributed by atoms with van der Waals surface area (Å²) in [5.41, 5.74) is 11.3. The van der Waals surface area contributed by atoms with Gasteiger partial charge in [0.05, 0.1) is 17.9 Å². The Bertz CT molecular complexity index is 1380. The minimum atomic E-state index is -1.11. The minimum absolute atomic E-state index is 0.109. The molecule has 0 saturated carbocycles. The first-order valence-electron chi connectivity index (χ1n) is 14.6. The second-order valence-electron chi connectivity index (χ2n) is 10.6. The summed E-state index contributed by atoms with van der Waals surface area (Å²) in [7, 11) is 0. The summed E-state index contributed by atoms with van der Waals surface area (Å²) < 4.78 is 4.90. The van der Waals surface area contributed by atoms with Crippen LogP contribution in [0.1, 0.15) is 29.7 Å². The average Bonchev–Trinajstić information content (AvgIpc) is 3.03. The molecule has 0 spiro atoms. The average molecular weight is 622 g/mol. The highest BCUT2D eigenvalue weighted by atomic mass is 16.5. The smallest absolute Gasteiger partial charge is 0.324 e. The lowest BCUT2D eigenvalue weighted by Crippen LogP contribution is -2.52. The van der Waals surface area contributed by atoms with Gasteiger partial charge in [0, 0.05) is 76.1 Å². The van der Waals surface area contributed by atoms with E-state index < -0.39 is 24.0 Å². The number of aromatic nitrogens is 2. The second kappa shape index (κ2) is 18.3. The topological polar surface area (TPSA) is 188 Å². The fraction of sp³-hybridized carbons (Fsp3) is 0.500. The van der Waals surface area contributed by atoms with Gasteiger partial charge < -0.3 is 14.9 Å². The highest BCUT2D eigenvalue weighted by Gasteiger charge is 2.29. The van der Waals surface area contributed by atoms with Gasteiger partial charge in [-0.05, 0) is 36.7 Å². The number of ether oxygens (including phenoxy) is 1. The maximum absolute atomic E-state index is 12.3. The van der Waals surface area contributed by atoms with Crippen molar-refractivity contribution in [2.45, 2.75) is 38.6 Å². The quantitative estimate of drug-likeness (QED) is 0.107. The molecular weight excluding hydrogens is 582 g/mol. The zero-order chi connectivity index (χ0) is 32.6. The van der Waals surface area contributed by atoms with Crippen molar-refractivity contribution in [2.24, 2.45) is 5.11 Å². The molecule has 0 aliphatic carbocycles. The van der Waals surface area contributed by atoms with E-state index in [4.69, 9.17) is 16.7 Å². The van der Waals surface area contributed by atoms with Crippen molar-refractivity contribution in [3.8, 4) is 12.3 Å². The van der Waals surface area contributed by atoms with Crippen LogP contribution in [0.15, 0.2) is 41.5 Å². The van der Waals surface area contributed by atoms with Crippen molar-refractivity contribution in [3.63, 3.8) is 0 Å². The van der Waals surface area contributed by atoms with Gasteiger partial charge in [0.2, 0.25) is 0 Å². The van der Waals surface area contributed by atoms with Gasteiger partial charge in [-0.3, -0.25) is 39.0 Å². The minimum Gasteiger partial charge on any atom is -0.480 e. The van der Waals surface area contributed by atoms with E-state index in [1.807, 2.05) is 29.2 Å². The third-order valence-corrected chi connectivity index (χ3v) is 7.65. The lowest BCUT2D eigenvalue weighted by Gasteiger charge is -2.36. The van der Waals surface area contributed by atoms with Crippen LogP contribution in [0.3, 0.4) is 0 Å². The molecule has 0 amide bonds. The molecule has 0 unspecified atom stereocenters. The molecule has 1 saturated heterocycles. The van der Waals surface area contributed by atoms with Gasteiger partial charge in [0.25, 0.3) is 6.47 Å². The molecular formula is C30H39N9O6. The number of azide groups is 1. The van der Waals surface area contributed by atoms with E-state index in [9.17, 15) is 24.6 Å². The van der Waals surface area contributed by atoms with E-state index in [-0.39, 0.29) is 19.6 Å². The molecule has 2 N–H and O–H groups in total. The summed E-state index contributed by atoms with van der Waals surface area (Å²) >= 11 is 0. The molecule has 2 atom stereocenters. The normalized spacial score (nSPS) is 17.4. The number of carboxylic acids is 2. The van der Waals surface area contributed by atoms with Crippen molar-refractivity contribution >= 4 is 18.4 Å². The number of rotatable bonds is 13. The van der Waals surface area contributed by atoms with Crippen LogP contribution >= 0.6 is 0 Å². The summed E-state index contributed by atoms with van der Waals surface area (Å²) in [6.07, 6.45) is 5.54. The van der Waals surface area contributed by atoms with Crippen LogP contribution in [0.2, 0.25) is 0 Å². The molecule has 2 aromatic heterocycles. The van der Waals surface area contributed by atoms with Gasteiger partial charge in [-0.25, -0.2) is 4.98 Å². The summed E-state index contributed by atoms with van der Waals surface area (Å²) in [5, 5.41) is 23.5. The Morgan fingerprint density at radius 1 is 0.956 bits per heavy atom. The first kappa shape index (κ1) is 34.9. The molecule has 1 aliphatic heterocycles. The van der Waals surface area contributed by atoms with Crippen LogP contribution in [0.5, 0.6) is 0 Å². The standard InChI is InChI=1S/C30H39N9O6/c1-3-24-6-4-8-26(33-24)19-36-10-14-38(23(2)29(41)42)15-11-37(20-27-9-5-7-25(34-27)18-32-35-31)13-17-39(16-12-36)28(30(43)44)21-45-22-40/h1,4-9,22-23,28H,10-21H2,2H3,(H,41,42)(H,43,44)/t23-,28-/m1/s1. The highest BCUT2D eigenvalue weighted by molar-refractivity contribution is 5.74. The Morgan fingerprint density at radius 3 is 2.04 bits per heavy atom. The number of pyridine rings is 2. The Hall–Kier alpha value is -4.58. The monoisotopic (exact) mass is 621 g/mol. The second-order valence-corrected chi connectivity index (χ2v) is 10.6. The summed E-state index contributed by atoms with van der Waals surface area (Å²) in [6.45, 7) is 5.87. The SMILES string of the molecule is C#Cc1cccc(CN2CCN([C@H](C)C(=O)O)CCN(Cc3cccc(CN=[N+]=[N-])n3)CCN([C@H](COC=O)C(=O)O)CC2)n1. The van der Waals surface area contributed by atoms with Gasteiger partial charge in [0.15, 0.2) is 0 Å². The first-order chi connectivity index (χ1) is 21.7. The van der Waals surface area contributed by atoms with Crippen molar-refractivity contribution in [1.82, 2.24) is 29.6 Å². The molecule has 2 aromatic rings. The lowest BCUT2D eigenvalue weighted by atomic mass is 10.2. The van der Waals surface area contributed by atoms with E-state index in [1.165, 1.54) is 0 Å². The molecule has 3 heterocycles. The molecule has 15 nitrogen and oxygen atoms in total. The fourth-order valence-corrected chi connectivity index (χ4v) is 5.08. The number of carbonyl (C=O) groups excluding carboxylic acids is 1. The van der Waals surface area contributed by atoms with E-state index in [1.54, 1.807) is 24.0 Å². The molecule has 1 aliphatic rings. The third-order valence-electron chi connectivity index (χ3n) is 7.65. The molecule has 3 rings (SSSR count). The highest BCUT2D eigenvalue weighted by Crippen LogP contribution is 2.12. The third kappa shape index (κ3) is 11.5. The molecule has 240 valence electrons. The van der Waals surface area contributed by atoms with Gasteiger partial charge in [-0.2, -0.15) is 0 Å². The Kier molecular flexibility index (Phi) is 14.2. The van der Waals surface area contributed by atoms with Crippen LogP contribution < -0.4 is 0 Å². The van der Waals surface area contributed by atoms with Gasteiger partial charge >= 0.3 is 11.9 Å². The summed E-state index contributed by atoms with van der Waals surface area (Å²) in [5.74, 6) is 0.495. The number of aliphatic carboxylic acids is 2. The predicted octanol–water partition coefficient (Wildman–Crippen LogP) is 1.29. The van der Waals surface area contributed by atoms with Crippen LogP contribution in [0.25, 0.3) is 10.4 Å². The molecule has 1 fully saturated rings. The van der Waals surface area contributed by atoms with Gasteiger partial charge in [0.1, 0.15) is 24.4 Å². The maximum atomic E-state index is 12.3. The van der Waals surface area contributed by atoms with Crippen LogP contribution in [0.4, 0.5) is 0 Å². The zero-order valence-corrected chi connectivity index (χ0v) is 25.3. The first-order valence-corrected chi connectivity index (χ1v) is 14.6.